The molecular formula is C18H22N4O4S2. The van der Waals surface area contributed by atoms with Crippen molar-refractivity contribution in [1.82, 2.24) is 9.62 Å². The number of benzene rings is 1. The Morgan fingerprint density at radius 3 is 2.18 bits per heavy atom. The number of sulfonamides is 1. The Morgan fingerprint density at radius 2 is 1.64 bits per heavy atom. The number of thiophene rings is 1. The summed E-state index contributed by atoms with van der Waals surface area (Å²) in [6, 6.07) is 9.80. The van der Waals surface area contributed by atoms with E-state index in [9.17, 15) is 18.0 Å². The molecule has 0 aliphatic carbocycles. The van der Waals surface area contributed by atoms with Crippen molar-refractivity contribution >= 4 is 44.7 Å². The van der Waals surface area contributed by atoms with Gasteiger partial charge in [0.1, 0.15) is 4.21 Å². The van der Waals surface area contributed by atoms with Crippen molar-refractivity contribution in [2.45, 2.75) is 17.1 Å². The third-order valence-corrected chi connectivity index (χ3v) is 7.82. The minimum absolute atomic E-state index is 0.125. The van der Waals surface area contributed by atoms with Crippen LogP contribution in [-0.4, -0.2) is 44.8 Å². The van der Waals surface area contributed by atoms with E-state index in [1.165, 1.54) is 22.7 Å². The Bertz CT molecular complexity index is 919. The van der Waals surface area contributed by atoms with Gasteiger partial charge < -0.3 is 16.0 Å². The average molecular weight is 423 g/mol. The molecule has 0 saturated carbocycles. The molecule has 8 nitrogen and oxygen atoms in total. The van der Waals surface area contributed by atoms with E-state index in [0.717, 1.165) is 0 Å². The highest BCUT2D eigenvalue weighted by Gasteiger charge is 2.32. The second kappa shape index (κ2) is 8.72. The predicted octanol–water partition coefficient (Wildman–Crippen LogP) is 2.54. The maximum Gasteiger partial charge on any atom is 0.318 e. The number of rotatable bonds is 5. The van der Waals surface area contributed by atoms with Crippen molar-refractivity contribution in [3.05, 3.63) is 41.8 Å². The Morgan fingerprint density at radius 1 is 1.04 bits per heavy atom. The van der Waals surface area contributed by atoms with Gasteiger partial charge in [0, 0.05) is 37.4 Å². The molecule has 28 heavy (non-hydrogen) atoms. The van der Waals surface area contributed by atoms with Crippen LogP contribution >= 0.6 is 11.3 Å². The van der Waals surface area contributed by atoms with Crippen molar-refractivity contribution in [2.75, 3.05) is 30.8 Å². The van der Waals surface area contributed by atoms with Crippen LogP contribution in [0, 0.1) is 5.92 Å². The molecule has 1 aromatic carbocycles. The lowest BCUT2D eigenvalue weighted by Gasteiger charge is -2.30. The van der Waals surface area contributed by atoms with Gasteiger partial charge in [0.05, 0.1) is 0 Å². The fraction of sp³-hybridized carbons (Fsp3) is 0.333. The predicted molar refractivity (Wildman–Crippen MR) is 109 cm³/mol. The molecule has 2 aromatic rings. The van der Waals surface area contributed by atoms with Gasteiger partial charge in [-0.3, -0.25) is 4.79 Å². The van der Waals surface area contributed by atoms with Crippen LogP contribution in [0.15, 0.2) is 46.0 Å². The molecule has 1 aromatic heterocycles. The summed E-state index contributed by atoms with van der Waals surface area (Å²) in [6.07, 6.45) is 0.958. The number of carbonyl (C=O) groups is 2. The van der Waals surface area contributed by atoms with Gasteiger partial charge in [0.2, 0.25) is 5.91 Å². The van der Waals surface area contributed by atoms with Gasteiger partial charge in [-0.2, -0.15) is 4.31 Å². The van der Waals surface area contributed by atoms with Gasteiger partial charge in [0.25, 0.3) is 10.0 Å². The topological polar surface area (TPSA) is 108 Å². The summed E-state index contributed by atoms with van der Waals surface area (Å²) in [5, 5.41) is 9.69. The van der Waals surface area contributed by atoms with Crippen LogP contribution in [0.25, 0.3) is 0 Å². The zero-order chi connectivity index (χ0) is 20.1. The highest BCUT2D eigenvalue weighted by Crippen LogP contribution is 2.27. The van der Waals surface area contributed by atoms with Crippen LogP contribution in [0.5, 0.6) is 0 Å². The smallest absolute Gasteiger partial charge is 0.318 e. The number of nitrogens with zero attached hydrogens (tertiary/aromatic N) is 1. The SMILES string of the molecule is CNC(=O)Nc1ccc(NC(=O)C2CCN(S(=O)(=O)c3cccs3)CC2)cc1. The molecule has 2 heterocycles. The minimum atomic E-state index is -3.46. The quantitative estimate of drug-likeness (QED) is 0.688. The first kappa shape index (κ1) is 20.3. The molecule has 0 unspecified atom stereocenters. The number of hydrogen-bond donors (Lipinski definition) is 3. The van der Waals surface area contributed by atoms with Gasteiger partial charge in [-0.25, -0.2) is 13.2 Å². The minimum Gasteiger partial charge on any atom is -0.341 e. The third kappa shape index (κ3) is 4.70. The summed E-state index contributed by atoms with van der Waals surface area (Å²) in [4.78, 5) is 23.8. The Kier molecular flexibility index (Phi) is 6.32. The highest BCUT2D eigenvalue weighted by atomic mass is 32.2. The molecule has 3 rings (SSSR count). The van der Waals surface area contributed by atoms with Crippen LogP contribution in [0.3, 0.4) is 0 Å². The molecule has 3 amide bonds. The molecule has 150 valence electrons. The van der Waals surface area contributed by atoms with E-state index in [0.29, 0.717) is 41.5 Å². The van der Waals surface area contributed by atoms with Crippen LogP contribution in [0.2, 0.25) is 0 Å². The zero-order valence-corrected chi connectivity index (χ0v) is 17.0. The first-order chi connectivity index (χ1) is 13.4. The monoisotopic (exact) mass is 422 g/mol. The summed E-state index contributed by atoms with van der Waals surface area (Å²) in [6.45, 7) is 0.653. The molecule has 3 N–H and O–H groups in total. The molecule has 1 aliphatic heterocycles. The number of urea groups is 1. The van der Waals surface area contributed by atoms with Gasteiger partial charge in [-0.1, -0.05) is 6.07 Å². The van der Waals surface area contributed by atoms with E-state index in [2.05, 4.69) is 16.0 Å². The second-order valence-electron chi connectivity index (χ2n) is 6.38. The van der Waals surface area contributed by atoms with Crippen LogP contribution in [0.4, 0.5) is 16.2 Å². The van der Waals surface area contributed by atoms with E-state index >= 15 is 0 Å². The zero-order valence-electron chi connectivity index (χ0n) is 15.3. The maximum absolute atomic E-state index is 12.5. The van der Waals surface area contributed by atoms with Gasteiger partial charge in [0.15, 0.2) is 0 Å². The van der Waals surface area contributed by atoms with Crippen molar-refractivity contribution in [3.63, 3.8) is 0 Å². The first-order valence-electron chi connectivity index (χ1n) is 8.83. The van der Waals surface area contributed by atoms with Crippen LogP contribution < -0.4 is 16.0 Å². The van der Waals surface area contributed by atoms with Crippen LogP contribution in [0.1, 0.15) is 12.8 Å². The summed E-state index contributed by atoms with van der Waals surface area (Å²) >= 11 is 1.20. The summed E-state index contributed by atoms with van der Waals surface area (Å²) in [5.74, 6) is -0.362. The lowest BCUT2D eigenvalue weighted by Crippen LogP contribution is -2.41. The molecule has 0 radical (unpaired) electrons. The average Bonchev–Trinajstić information content (AvgIpc) is 3.25. The van der Waals surface area contributed by atoms with Gasteiger partial charge >= 0.3 is 6.03 Å². The number of piperidine rings is 1. The summed E-state index contributed by atoms with van der Waals surface area (Å²) in [7, 11) is -1.93. The fourth-order valence-electron chi connectivity index (χ4n) is 2.97. The number of hydrogen-bond acceptors (Lipinski definition) is 5. The standard InChI is InChI=1S/C18H22N4O4S2/c1-19-18(24)21-15-6-4-14(5-7-15)20-17(23)13-8-10-22(11-9-13)28(25,26)16-3-2-12-27-16/h2-7,12-13H,8-11H2,1H3,(H,20,23)(H2,19,21,24). The number of carbonyl (C=O) groups excluding carboxylic acids is 2. The van der Waals surface area contributed by atoms with Gasteiger partial charge in [-0.15, -0.1) is 11.3 Å². The maximum atomic E-state index is 12.5. The highest BCUT2D eigenvalue weighted by molar-refractivity contribution is 7.91. The van der Waals surface area contributed by atoms with E-state index in [1.54, 1.807) is 41.8 Å². The number of anilines is 2. The molecule has 0 atom stereocenters. The molecule has 1 saturated heterocycles. The first-order valence-corrected chi connectivity index (χ1v) is 11.2. The third-order valence-electron chi connectivity index (χ3n) is 4.55. The summed E-state index contributed by atoms with van der Waals surface area (Å²) in [5.41, 5.74) is 1.24. The fourth-order valence-corrected chi connectivity index (χ4v) is 5.58. The lowest BCUT2D eigenvalue weighted by molar-refractivity contribution is -0.120. The van der Waals surface area contributed by atoms with Crippen molar-refractivity contribution < 1.29 is 18.0 Å². The van der Waals surface area contributed by atoms with Crippen molar-refractivity contribution in [1.29, 1.82) is 0 Å². The molecule has 1 aliphatic rings. The molecular weight excluding hydrogens is 400 g/mol. The van der Waals surface area contributed by atoms with Gasteiger partial charge in [-0.05, 0) is 48.6 Å². The Balaban J connectivity index is 1.53. The van der Waals surface area contributed by atoms with Crippen molar-refractivity contribution in [2.24, 2.45) is 5.92 Å². The molecule has 0 spiro atoms. The molecule has 10 heteroatoms. The largest absolute Gasteiger partial charge is 0.341 e. The number of amides is 3. The summed E-state index contributed by atoms with van der Waals surface area (Å²) < 4.78 is 26.9. The Labute approximate surface area is 168 Å². The van der Waals surface area contributed by atoms with Crippen LogP contribution in [-0.2, 0) is 14.8 Å². The Hall–Kier alpha value is -2.43. The molecule has 0 bridgehead atoms. The number of nitrogens with one attached hydrogen (secondary N) is 3. The van der Waals surface area contributed by atoms with E-state index in [4.69, 9.17) is 0 Å². The van der Waals surface area contributed by atoms with E-state index in [1.807, 2.05) is 0 Å². The van der Waals surface area contributed by atoms with E-state index < -0.39 is 10.0 Å². The lowest BCUT2D eigenvalue weighted by atomic mass is 9.97. The van der Waals surface area contributed by atoms with E-state index in [-0.39, 0.29) is 17.9 Å². The van der Waals surface area contributed by atoms with Crippen molar-refractivity contribution in [3.8, 4) is 0 Å². The second-order valence-corrected chi connectivity index (χ2v) is 9.49. The normalized spacial score (nSPS) is 15.8. The molecule has 1 fully saturated rings.